The van der Waals surface area contributed by atoms with Crippen LogP contribution in [0.2, 0.25) is 0 Å². The molecule has 2 saturated heterocycles. The van der Waals surface area contributed by atoms with E-state index in [0.29, 0.717) is 37.6 Å². The highest BCUT2D eigenvalue weighted by Crippen LogP contribution is 2.30. The Bertz CT molecular complexity index is 1060. The Labute approximate surface area is 192 Å². The van der Waals surface area contributed by atoms with Crippen molar-refractivity contribution in [1.29, 1.82) is 0 Å². The second-order valence-electron chi connectivity index (χ2n) is 8.47. The predicted octanol–water partition coefficient (Wildman–Crippen LogP) is 3.12. The number of ether oxygens (including phenoxy) is 2. The summed E-state index contributed by atoms with van der Waals surface area (Å²) in [5.41, 5.74) is 0.946. The molecule has 2 fully saturated rings. The Morgan fingerprint density at radius 1 is 1.03 bits per heavy atom. The van der Waals surface area contributed by atoms with Gasteiger partial charge in [0, 0.05) is 50.3 Å². The van der Waals surface area contributed by atoms with Crippen LogP contribution >= 0.6 is 0 Å². The van der Waals surface area contributed by atoms with Crippen molar-refractivity contribution >= 4 is 23.1 Å². The number of likely N-dealkylation sites (tertiary alicyclic amines) is 1. The van der Waals surface area contributed by atoms with Crippen molar-refractivity contribution in [1.82, 2.24) is 4.90 Å². The number of nitro groups is 1. The molecule has 0 aromatic heterocycles. The third-order valence-corrected chi connectivity index (χ3v) is 6.18. The molecule has 174 valence electrons. The van der Waals surface area contributed by atoms with Crippen LogP contribution in [0, 0.1) is 16.0 Å². The maximum absolute atomic E-state index is 13.3. The Kier molecular flexibility index (Phi) is 6.71. The highest BCUT2D eigenvalue weighted by Gasteiger charge is 2.33. The molecule has 2 aliphatic rings. The van der Waals surface area contributed by atoms with Crippen molar-refractivity contribution in [3.8, 4) is 0 Å². The van der Waals surface area contributed by atoms with Crippen LogP contribution in [0.4, 0.5) is 11.4 Å². The molecular formula is C24H27N3O6. The molecule has 0 N–H and O–H groups in total. The van der Waals surface area contributed by atoms with E-state index in [2.05, 4.69) is 0 Å². The van der Waals surface area contributed by atoms with Crippen LogP contribution in [0.15, 0.2) is 42.5 Å². The van der Waals surface area contributed by atoms with Gasteiger partial charge < -0.3 is 19.3 Å². The minimum Gasteiger partial charge on any atom is -0.372 e. The Morgan fingerprint density at radius 2 is 1.67 bits per heavy atom. The van der Waals surface area contributed by atoms with Gasteiger partial charge in [-0.1, -0.05) is 18.2 Å². The number of rotatable bonds is 6. The minimum atomic E-state index is -0.509. The lowest BCUT2D eigenvalue weighted by Crippen LogP contribution is -2.41. The molecule has 0 unspecified atom stereocenters. The summed E-state index contributed by atoms with van der Waals surface area (Å²) in [6.07, 6.45) is 1.34. The fourth-order valence-corrected chi connectivity index (χ4v) is 4.41. The molecule has 2 heterocycles. The van der Waals surface area contributed by atoms with Crippen LogP contribution in [-0.4, -0.2) is 68.2 Å². The second-order valence-corrected chi connectivity index (χ2v) is 8.47. The average Bonchev–Trinajstić information content (AvgIpc) is 3.38. The number of hydrogen-bond donors (Lipinski definition) is 0. The van der Waals surface area contributed by atoms with E-state index < -0.39 is 10.7 Å². The van der Waals surface area contributed by atoms with Crippen molar-refractivity contribution in [3.05, 3.63) is 69.3 Å². The second kappa shape index (κ2) is 9.68. The first-order chi connectivity index (χ1) is 15.9. The van der Waals surface area contributed by atoms with Crippen LogP contribution in [-0.2, 0) is 9.47 Å². The summed E-state index contributed by atoms with van der Waals surface area (Å²) in [5.74, 6) is -0.385. The number of amides is 1. The quantitative estimate of drug-likeness (QED) is 0.376. The average molecular weight is 453 g/mol. The maximum Gasteiger partial charge on any atom is 0.293 e. The van der Waals surface area contributed by atoms with Crippen LogP contribution in [0.1, 0.15) is 39.1 Å². The third-order valence-electron chi connectivity index (χ3n) is 6.18. The number of hydrogen-bond acceptors (Lipinski definition) is 7. The molecule has 0 aliphatic carbocycles. The number of piperidine rings is 1. The Balaban J connectivity index is 1.55. The van der Waals surface area contributed by atoms with Crippen molar-refractivity contribution in [3.63, 3.8) is 0 Å². The number of nitro benzene ring substituents is 1. The molecule has 0 atom stereocenters. The van der Waals surface area contributed by atoms with Gasteiger partial charge in [-0.3, -0.25) is 19.7 Å². The maximum atomic E-state index is 13.3. The molecule has 0 radical (unpaired) electrons. The van der Waals surface area contributed by atoms with E-state index in [1.807, 2.05) is 0 Å². The van der Waals surface area contributed by atoms with Crippen molar-refractivity contribution < 1.29 is 24.0 Å². The van der Waals surface area contributed by atoms with E-state index in [1.165, 1.54) is 6.07 Å². The molecule has 0 bridgehead atoms. The summed E-state index contributed by atoms with van der Waals surface area (Å²) in [7, 11) is 3.40. The van der Waals surface area contributed by atoms with Gasteiger partial charge in [-0.05, 0) is 31.0 Å². The van der Waals surface area contributed by atoms with Crippen LogP contribution in [0.25, 0.3) is 0 Å². The molecule has 2 aliphatic heterocycles. The summed E-state index contributed by atoms with van der Waals surface area (Å²) in [4.78, 5) is 41.0. The first kappa shape index (κ1) is 22.9. The molecule has 2 aromatic carbocycles. The zero-order valence-electron chi connectivity index (χ0n) is 18.7. The topological polar surface area (TPSA) is 102 Å². The molecule has 4 rings (SSSR count). The van der Waals surface area contributed by atoms with Gasteiger partial charge in [0.2, 0.25) is 0 Å². The molecule has 9 nitrogen and oxygen atoms in total. The summed E-state index contributed by atoms with van der Waals surface area (Å²) >= 11 is 0. The first-order valence-corrected chi connectivity index (χ1v) is 11.0. The number of benzene rings is 2. The van der Waals surface area contributed by atoms with E-state index >= 15 is 0 Å². The zero-order valence-corrected chi connectivity index (χ0v) is 18.7. The SMILES string of the molecule is CN(C)c1ccc(C(=O)c2ccccc2C(=O)N2CCC(C3OCCO3)CC2)cc1[N+](=O)[O-]. The molecule has 2 aromatic rings. The van der Waals surface area contributed by atoms with Gasteiger partial charge >= 0.3 is 0 Å². The van der Waals surface area contributed by atoms with Crippen molar-refractivity contribution in [2.24, 2.45) is 5.92 Å². The summed E-state index contributed by atoms with van der Waals surface area (Å²) < 4.78 is 11.2. The molecule has 9 heteroatoms. The summed E-state index contributed by atoms with van der Waals surface area (Å²) in [5, 5.41) is 11.5. The van der Waals surface area contributed by atoms with Crippen molar-refractivity contribution in [2.75, 3.05) is 45.3 Å². The number of carbonyl (C=O) groups excluding carboxylic acids is 2. The summed E-state index contributed by atoms with van der Waals surface area (Å²) in [6, 6.07) is 11.0. The highest BCUT2D eigenvalue weighted by atomic mass is 16.7. The van der Waals surface area contributed by atoms with Gasteiger partial charge in [0.1, 0.15) is 5.69 Å². The van der Waals surface area contributed by atoms with Gasteiger partial charge in [0.15, 0.2) is 12.1 Å². The van der Waals surface area contributed by atoms with Crippen LogP contribution < -0.4 is 4.90 Å². The number of anilines is 1. The zero-order chi connectivity index (χ0) is 23.5. The number of nitrogens with zero attached hydrogens (tertiary/aromatic N) is 3. The molecule has 33 heavy (non-hydrogen) atoms. The van der Waals surface area contributed by atoms with E-state index in [1.54, 1.807) is 60.3 Å². The van der Waals surface area contributed by atoms with E-state index in [-0.39, 0.29) is 34.9 Å². The van der Waals surface area contributed by atoms with Crippen LogP contribution in [0.3, 0.4) is 0 Å². The van der Waals surface area contributed by atoms with Gasteiger partial charge in [0.05, 0.1) is 23.7 Å². The normalized spacial score (nSPS) is 17.2. The molecule has 1 amide bonds. The van der Waals surface area contributed by atoms with Gasteiger partial charge in [-0.2, -0.15) is 0 Å². The number of ketones is 1. The van der Waals surface area contributed by atoms with E-state index in [4.69, 9.17) is 9.47 Å². The fourth-order valence-electron chi connectivity index (χ4n) is 4.41. The monoisotopic (exact) mass is 453 g/mol. The number of carbonyl (C=O) groups is 2. The predicted molar refractivity (Wildman–Crippen MR) is 122 cm³/mol. The Morgan fingerprint density at radius 3 is 2.27 bits per heavy atom. The lowest BCUT2D eigenvalue weighted by atomic mass is 9.93. The summed E-state index contributed by atoms with van der Waals surface area (Å²) in [6.45, 7) is 2.32. The fraction of sp³-hybridized carbons (Fsp3) is 0.417. The lowest BCUT2D eigenvalue weighted by Gasteiger charge is -2.34. The molecule has 0 saturated carbocycles. The smallest absolute Gasteiger partial charge is 0.293 e. The van der Waals surface area contributed by atoms with Crippen molar-refractivity contribution in [2.45, 2.75) is 19.1 Å². The molecule has 0 spiro atoms. The lowest BCUT2D eigenvalue weighted by molar-refractivity contribution is -0.384. The van der Waals surface area contributed by atoms with Gasteiger partial charge in [-0.25, -0.2) is 0 Å². The van der Waals surface area contributed by atoms with E-state index in [0.717, 1.165) is 12.8 Å². The first-order valence-electron chi connectivity index (χ1n) is 11.0. The van der Waals surface area contributed by atoms with Gasteiger partial charge in [-0.15, -0.1) is 0 Å². The Hall–Kier alpha value is -3.30. The van der Waals surface area contributed by atoms with E-state index in [9.17, 15) is 19.7 Å². The molecular weight excluding hydrogens is 426 g/mol. The highest BCUT2D eigenvalue weighted by molar-refractivity contribution is 6.15. The van der Waals surface area contributed by atoms with Crippen LogP contribution in [0.5, 0.6) is 0 Å². The minimum absolute atomic E-state index is 0.159. The largest absolute Gasteiger partial charge is 0.372 e. The van der Waals surface area contributed by atoms with Gasteiger partial charge in [0.25, 0.3) is 11.6 Å². The standard InChI is InChI=1S/C24H27N3O6/c1-25(2)20-8-7-17(15-21(20)27(30)31)22(28)18-5-3-4-6-19(18)23(29)26-11-9-16(10-12-26)24-32-13-14-33-24/h3-8,15-16,24H,9-14H2,1-2H3. The third kappa shape index (κ3) is 4.74.